The van der Waals surface area contributed by atoms with Crippen molar-refractivity contribution < 1.29 is 23.1 Å². The minimum atomic E-state index is -4.64. The summed E-state index contributed by atoms with van der Waals surface area (Å²) in [6.07, 6.45) is -4.94. The number of hydrogen-bond donors (Lipinski definition) is 1. The van der Waals surface area contributed by atoms with Crippen molar-refractivity contribution in [2.75, 3.05) is 18.0 Å². The molecule has 0 aromatic heterocycles. The number of hydrogen-bond acceptors (Lipinski definition) is 3. The fourth-order valence-corrected chi connectivity index (χ4v) is 1.90. The molecule has 1 aromatic carbocycles. The van der Waals surface area contributed by atoms with Crippen molar-refractivity contribution in [2.45, 2.75) is 19.5 Å². The molecule has 0 bridgehead atoms. The molecule has 1 atom stereocenters. The van der Waals surface area contributed by atoms with Gasteiger partial charge in [0.15, 0.2) is 5.92 Å². The number of anilines is 1. The van der Waals surface area contributed by atoms with Crippen LogP contribution in [0.25, 0.3) is 0 Å². The molecule has 21 heavy (non-hydrogen) atoms. The Morgan fingerprint density at radius 1 is 1.43 bits per heavy atom. The molecular formula is C14H15F3N2O2. The number of carboxylic acids is 1. The van der Waals surface area contributed by atoms with Crippen LogP contribution in [0.15, 0.2) is 24.3 Å². The van der Waals surface area contributed by atoms with E-state index in [9.17, 15) is 18.0 Å². The molecule has 1 unspecified atom stereocenters. The van der Waals surface area contributed by atoms with Gasteiger partial charge >= 0.3 is 12.1 Å². The number of alkyl halides is 3. The van der Waals surface area contributed by atoms with Crippen LogP contribution in [0.5, 0.6) is 0 Å². The van der Waals surface area contributed by atoms with Gasteiger partial charge in [-0.05, 0) is 18.6 Å². The lowest BCUT2D eigenvalue weighted by Gasteiger charge is -2.28. The smallest absolute Gasteiger partial charge is 0.406 e. The number of aliphatic carboxylic acids is 1. The van der Waals surface area contributed by atoms with Gasteiger partial charge in [-0.15, -0.1) is 0 Å². The first-order valence-electron chi connectivity index (χ1n) is 6.24. The second-order valence-corrected chi connectivity index (χ2v) is 4.60. The second kappa shape index (κ2) is 6.97. The zero-order chi connectivity index (χ0) is 16.0. The summed E-state index contributed by atoms with van der Waals surface area (Å²) in [5.41, 5.74) is 1.23. The summed E-state index contributed by atoms with van der Waals surface area (Å²) < 4.78 is 38.2. The van der Waals surface area contributed by atoms with Crippen molar-refractivity contribution in [3.63, 3.8) is 0 Å². The minimum Gasteiger partial charge on any atom is -0.481 e. The van der Waals surface area contributed by atoms with Crippen LogP contribution in [0.2, 0.25) is 0 Å². The largest absolute Gasteiger partial charge is 0.481 e. The van der Waals surface area contributed by atoms with E-state index in [-0.39, 0.29) is 13.0 Å². The van der Waals surface area contributed by atoms with E-state index in [1.807, 2.05) is 0 Å². The number of benzene rings is 1. The molecule has 0 fully saturated rings. The second-order valence-electron chi connectivity index (χ2n) is 4.60. The number of halogens is 3. The summed E-state index contributed by atoms with van der Waals surface area (Å²) in [7, 11) is 0. The monoisotopic (exact) mass is 300 g/mol. The molecule has 0 spiro atoms. The van der Waals surface area contributed by atoms with E-state index < -0.39 is 24.6 Å². The summed E-state index contributed by atoms with van der Waals surface area (Å²) in [5.74, 6) is -3.26. The molecule has 0 aliphatic heterocycles. The maximum absolute atomic E-state index is 12.7. The van der Waals surface area contributed by atoms with Crippen LogP contribution in [-0.2, 0) is 4.79 Å². The zero-order valence-corrected chi connectivity index (χ0v) is 11.4. The predicted molar refractivity (Wildman–Crippen MR) is 70.8 cm³/mol. The van der Waals surface area contributed by atoms with Crippen LogP contribution < -0.4 is 4.90 Å². The van der Waals surface area contributed by atoms with E-state index in [2.05, 4.69) is 0 Å². The fourth-order valence-electron chi connectivity index (χ4n) is 1.90. The number of para-hydroxylation sites is 1. The molecule has 0 aliphatic carbocycles. The Balaban J connectivity index is 3.01. The minimum absolute atomic E-state index is 0.0888. The fraction of sp³-hybridized carbons (Fsp3) is 0.429. The van der Waals surface area contributed by atoms with Crippen molar-refractivity contribution in [2.24, 2.45) is 5.92 Å². The Morgan fingerprint density at radius 3 is 2.52 bits per heavy atom. The lowest BCUT2D eigenvalue weighted by Crippen LogP contribution is -2.37. The normalized spacial score (nSPS) is 12.5. The highest BCUT2D eigenvalue weighted by Gasteiger charge is 2.41. The highest BCUT2D eigenvalue weighted by atomic mass is 19.4. The van der Waals surface area contributed by atoms with E-state index in [0.717, 1.165) is 5.56 Å². The van der Waals surface area contributed by atoms with E-state index >= 15 is 0 Å². The molecule has 0 saturated carbocycles. The topological polar surface area (TPSA) is 64.3 Å². The summed E-state index contributed by atoms with van der Waals surface area (Å²) in [4.78, 5) is 12.0. The Kier molecular flexibility index (Phi) is 5.59. The van der Waals surface area contributed by atoms with Gasteiger partial charge in [0.25, 0.3) is 0 Å². The van der Waals surface area contributed by atoms with Crippen LogP contribution in [-0.4, -0.2) is 30.3 Å². The Morgan fingerprint density at radius 2 is 2.05 bits per heavy atom. The average molecular weight is 300 g/mol. The summed E-state index contributed by atoms with van der Waals surface area (Å²) in [5, 5.41) is 17.4. The molecule has 114 valence electrons. The van der Waals surface area contributed by atoms with Crippen molar-refractivity contribution >= 4 is 11.7 Å². The SMILES string of the molecule is Cc1ccccc1N(CCC(=O)O)CC(C#N)C(F)(F)F. The Labute approximate surface area is 120 Å². The number of aryl methyl sites for hydroxylation is 1. The summed E-state index contributed by atoms with van der Waals surface area (Å²) in [6, 6.07) is 7.96. The number of carbonyl (C=O) groups is 1. The predicted octanol–water partition coefficient (Wildman–Crippen LogP) is 2.98. The van der Waals surface area contributed by atoms with E-state index in [4.69, 9.17) is 10.4 Å². The molecule has 0 aliphatic rings. The van der Waals surface area contributed by atoms with Gasteiger partial charge < -0.3 is 10.0 Å². The van der Waals surface area contributed by atoms with Crippen LogP contribution in [0.4, 0.5) is 18.9 Å². The standard InChI is InChI=1S/C14H15F3N2O2/c1-10-4-2-3-5-12(10)19(7-6-13(20)21)9-11(8-18)14(15,16)17/h2-5,11H,6-7,9H2,1H3,(H,20,21). The van der Waals surface area contributed by atoms with E-state index in [1.165, 1.54) is 11.0 Å². The number of nitrogens with zero attached hydrogens (tertiary/aromatic N) is 2. The first-order valence-corrected chi connectivity index (χ1v) is 6.24. The highest BCUT2D eigenvalue weighted by Crippen LogP contribution is 2.29. The van der Waals surface area contributed by atoms with Crippen LogP contribution in [0.1, 0.15) is 12.0 Å². The van der Waals surface area contributed by atoms with Gasteiger partial charge in [0, 0.05) is 18.8 Å². The average Bonchev–Trinajstić information content (AvgIpc) is 2.38. The molecule has 0 amide bonds. The Bertz CT molecular complexity index is 538. The van der Waals surface area contributed by atoms with E-state index in [1.54, 1.807) is 31.2 Å². The van der Waals surface area contributed by atoms with Crippen molar-refractivity contribution in [3.8, 4) is 6.07 Å². The first-order chi connectivity index (χ1) is 9.75. The van der Waals surface area contributed by atoms with Crippen LogP contribution >= 0.6 is 0 Å². The molecular weight excluding hydrogens is 285 g/mol. The molecule has 7 heteroatoms. The molecule has 1 aromatic rings. The molecule has 0 radical (unpaired) electrons. The number of carboxylic acid groups (broad SMARTS) is 1. The number of rotatable bonds is 6. The van der Waals surface area contributed by atoms with Crippen LogP contribution in [0.3, 0.4) is 0 Å². The van der Waals surface area contributed by atoms with Gasteiger partial charge in [0.05, 0.1) is 12.5 Å². The third-order valence-corrected chi connectivity index (χ3v) is 3.01. The molecule has 4 nitrogen and oxygen atoms in total. The van der Waals surface area contributed by atoms with Crippen molar-refractivity contribution in [3.05, 3.63) is 29.8 Å². The number of nitriles is 1. The lowest BCUT2D eigenvalue weighted by atomic mass is 10.1. The zero-order valence-electron chi connectivity index (χ0n) is 11.4. The van der Waals surface area contributed by atoms with E-state index in [0.29, 0.717) is 5.69 Å². The van der Waals surface area contributed by atoms with Crippen molar-refractivity contribution in [1.29, 1.82) is 5.26 Å². The van der Waals surface area contributed by atoms with Gasteiger partial charge in [0.1, 0.15) is 0 Å². The maximum atomic E-state index is 12.7. The lowest BCUT2D eigenvalue weighted by molar-refractivity contribution is -0.156. The third-order valence-electron chi connectivity index (χ3n) is 3.01. The molecule has 0 heterocycles. The van der Waals surface area contributed by atoms with Gasteiger partial charge in [-0.25, -0.2) is 0 Å². The summed E-state index contributed by atoms with van der Waals surface area (Å²) >= 11 is 0. The third kappa shape index (κ3) is 4.99. The quantitative estimate of drug-likeness (QED) is 0.877. The molecule has 1 rings (SSSR count). The molecule has 0 saturated heterocycles. The Hall–Kier alpha value is -2.23. The van der Waals surface area contributed by atoms with Gasteiger partial charge in [-0.1, -0.05) is 18.2 Å². The van der Waals surface area contributed by atoms with Crippen molar-refractivity contribution in [1.82, 2.24) is 0 Å². The maximum Gasteiger partial charge on any atom is 0.406 e. The van der Waals surface area contributed by atoms with Gasteiger partial charge in [-0.3, -0.25) is 4.79 Å². The van der Waals surface area contributed by atoms with Gasteiger partial charge in [0.2, 0.25) is 0 Å². The van der Waals surface area contributed by atoms with Gasteiger partial charge in [-0.2, -0.15) is 18.4 Å². The first kappa shape index (κ1) is 16.8. The summed E-state index contributed by atoms with van der Waals surface area (Å²) in [6.45, 7) is 1.05. The highest BCUT2D eigenvalue weighted by molar-refractivity contribution is 5.68. The van der Waals surface area contributed by atoms with Crippen LogP contribution in [0, 0.1) is 24.2 Å². The molecule has 1 N–H and O–H groups in total.